The third kappa shape index (κ3) is 7.59. The van der Waals surface area contributed by atoms with Gasteiger partial charge in [0, 0.05) is 38.6 Å². The van der Waals surface area contributed by atoms with Crippen LogP contribution >= 0.6 is 0 Å². The lowest BCUT2D eigenvalue weighted by Crippen LogP contribution is -2.06. The minimum absolute atomic E-state index is 0.318. The first-order valence-corrected chi connectivity index (χ1v) is 20.5. The summed E-state index contributed by atoms with van der Waals surface area (Å²) in [6, 6.07) is 57.0. The van der Waals surface area contributed by atoms with Crippen molar-refractivity contribution in [2.75, 3.05) is 0 Å². The van der Waals surface area contributed by atoms with Crippen LogP contribution in [0.25, 0.3) is 94.8 Å². The summed E-state index contributed by atoms with van der Waals surface area (Å²) in [4.78, 5) is 10.2. The summed E-state index contributed by atoms with van der Waals surface area (Å²) < 4.78 is 86.6. The number of halogens is 6. The van der Waals surface area contributed by atoms with Crippen LogP contribution in [0.15, 0.2) is 194 Å². The lowest BCUT2D eigenvalue weighted by molar-refractivity contribution is -0.138. The molecule has 0 unspecified atom stereocenters. The SMILES string of the molecule is Cc1cccc(-c2ccc3c(c2)c2ccccc2n3-c2c(-c3ccc(C(F)(F)F)cc3)cc(-c3nc(-c4ccccc4)cc(-c4ccccc4)n3)cc2-c2ccc(C(F)(F)F)cc2)c1. The van der Waals surface area contributed by atoms with Gasteiger partial charge in [-0.15, -0.1) is 0 Å². The van der Waals surface area contributed by atoms with Crippen molar-refractivity contribution < 1.29 is 26.3 Å². The molecule has 312 valence electrons. The topological polar surface area (TPSA) is 30.7 Å². The van der Waals surface area contributed by atoms with Crippen molar-refractivity contribution in [3.63, 3.8) is 0 Å². The average molecular weight is 852 g/mol. The quantitative estimate of drug-likeness (QED) is 0.150. The van der Waals surface area contributed by atoms with Crippen LogP contribution in [0.2, 0.25) is 0 Å². The van der Waals surface area contributed by atoms with Crippen molar-refractivity contribution in [1.82, 2.24) is 14.5 Å². The zero-order valence-electron chi connectivity index (χ0n) is 34.1. The third-order valence-electron chi connectivity index (χ3n) is 11.5. The Labute approximate surface area is 364 Å². The van der Waals surface area contributed by atoms with Crippen molar-refractivity contribution in [1.29, 1.82) is 0 Å². The van der Waals surface area contributed by atoms with Crippen molar-refractivity contribution >= 4 is 21.8 Å². The summed E-state index contributed by atoms with van der Waals surface area (Å²) in [6.07, 6.45) is -9.17. The Balaban J connectivity index is 1.32. The molecule has 64 heavy (non-hydrogen) atoms. The summed E-state index contributed by atoms with van der Waals surface area (Å²) in [5.41, 5.74) is 9.00. The third-order valence-corrected chi connectivity index (χ3v) is 11.5. The molecule has 2 heterocycles. The van der Waals surface area contributed by atoms with Gasteiger partial charge >= 0.3 is 12.4 Å². The molecule has 0 aliphatic rings. The van der Waals surface area contributed by atoms with Crippen LogP contribution in [-0.4, -0.2) is 14.5 Å². The smallest absolute Gasteiger partial charge is 0.308 e. The van der Waals surface area contributed by atoms with Gasteiger partial charge < -0.3 is 4.57 Å². The van der Waals surface area contributed by atoms with Crippen LogP contribution in [0, 0.1) is 6.92 Å². The summed E-state index contributed by atoms with van der Waals surface area (Å²) in [7, 11) is 0. The molecule has 0 radical (unpaired) electrons. The Morgan fingerprint density at radius 2 is 0.844 bits per heavy atom. The highest BCUT2D eigenvalue weighted by Gasteiger charge is 2.32. The molecule has 0 aliphatic heterocycles. The first kappa shape index (κ1) is 40.3. The molecule has 0 atom stereocenters. The molecule has 3 nitrogen and oxygen atoms in total. The Bertz CT molecular complexity index is 3200. The normalized spacial score (nSPS) is 12.0. The van der Waals surface area contributed by atoms with E-state index in [9.17, 15) is 26.3 Å². The van der Waals surface area contributed by atoms with E-state index in [1.165, 1.54) is 24.3 Å². The monoisotopic (exact) mass is 851 g/mol. The van der Waals surface area contributed by atoms with Crippen LogP contribution < -0.4 is 0 Å². The van der Waals surface area contributed by atoms with E-state index in [1.807, 2.05) is 134 Å². The molecule has 10 aromatic rings. The Hall–Kier alpha value is -7.78. The van der Waals surface area contributed by atoms with Crippen LogP contribution in [0.5, 0.6) is 0 Å². The molecule has 8 aromatic carbocycles. The standard InChI is InChI=1S/C55H35F6N3/c1-34-11-10-16-39(29-34)40-23-28-51-47(30-40)44-17-8-9-18-50(44)64(51)52-45(35-19-24-42(25-20-35)54(56,57)58)31-41(32-46(52)36-21-26-43(27-22-36)55(59,60)61)53-62-48(37-12-4-2-5-13-37)33-49(63-53)38-14-6-3-7-15-38/h2-33H,1H3. The van der Waals surface area contributed by atoms with Gasteiger partial charge in [0.2, 0.25) is 0 Å². The second-order valence-corrected chi connectivity index (χ2v) is 15.7. The van der Waals surface area contributed by atoms with E-state index < -0.39 is 23.5 Å². The number of alkyl halides is 6. The van der Waals surface area contributed by atoms with Gasteiger partial charge in [0.15, 0.2) is 5.82 Å². The number of hydrogen-bond acceptors (Lipinski definition) is 2. The number of aromatic nitrogens is 3. The van der Waals surface area contributed by atoms with Crippen LogP contribution in [0.1, 0.15) is 16.7 Å². The number of nitrogens with zero attached hydrogens (tertiary/aromatic N) is 3. The number of fused-ring (bicyclic) bond motifs is 3. The maximum atomic E-state index is 14.1. The first-order chi connectivity index (χ1) is 30.9. The fourth-order valence-corrected chi connectivity index (χ4v) is 8.43. The zero-order chi connectivity index (χ0) is 44.2. The van der Waals surface area contributed by atoms with Gasteiger partial charge in [0.05, 0.1) is 39.2 Å². The lowest BCUT2D eigenvalue weighted by atomic mass is 9.91. The van der Waals surface area contributed by atoms with Crippen LogP contribution in [0.4, 0.5) is 26.3 Å². The highest BCUT2D eigenvalue weighted by Crippen LogP contribution is 2.45. The van der Waals surface area contributed by atoms with Gasteiger partial charge in [-0.05, 0) is 89.8 Å². The number of hydrogen-bond donors (Lipinski definition) is 0. The summed E-state index contributed by atoms with van der Waals surface area (Å²) in [6.45, 7) is 2.04. The molecule has 0 aliphatic carbocycles. The van der Waals surface area contributed by atoms with Crippen molar-refractivity contribution in [2.45, 2.75) is 19.3 Å². The largest absolute Gasteiger partial charge is 0.416 e. The van der Waals surface area contributed by atoms with Crippen LogP contribution in [0.3, 0.4) is 0 Å². The molecular formula is C55H35F6N3. The lowest BCUT2D eigenvalue weighted by Gasteiger charge is -2.22. The molecule has 0 bridgehead atoms. The average Bonchev–Trinajstić information content (AvgIpc) is 3.64. The highest BCUT2D eigenvalue weighted by atomic mass is 19.4. The fraction of sp³-hybridized carbons (Fsp3) is 0.0545. The Kier molecular flexibility index (Phi) is 9.98. The second-order valence-electron chi connectivity index (χ2n) is 15.7. The van der Waals surface area contributed by atoms with E-state index in [1.54, 1.807) is 0 Å². The molecular weight excluding hydrogens is 817 g/mol. The first-order valence-electron chi connectivity index (χ1n) is 20.5. The van der Waals surface area contributed by atoms with Crippen molar-refractivity contribution in [3.8, 4) is 73.0 Å². The predicted molar refractivity (Wildman–Crippen MR) is 244 cm³/mol. The van der Waals surface area contributed by atoms with E-state index in [0.717, 1.165) is 73.9 Å². The van der Waals surface area contributed by atoms with E-state index >= 15 is 0 Å². The van der Waals surface area contributed by atoms with Gasteiger partial charge in [-0.1, -0.05) is 139 Å². The summed E-state index contributed by atoms with van der Waals surface area (Å²) >= 11 is 0. The van der Waals surface area contributed by atoms with Gasteiger partial charge in [0.25, 0.3) is 0 Å². The molecule has 10 rings (SSSR count). The van der Waals surface area contributed by atoms with E-state index in [2.05, 4.69) is 22.8 Å². The maximum Gasteiger partial charge on any atom is 0.416 e. The number of benzene rings is 8. The highest BCUT2D eigenvalue weighted by molar-refractivity contribution is 6.12. The minimum Gasteiger partial charge on any atom is -0.308 e. The molecule has 0 saturated carbocycles. The summed E-state index contributed by atoms with van der Waals surface area (Å²) in [5, 5.41) is 1.83. The fourth-order valence-electron chi connectivity index (χ4n) is 8.43. The van der Waals surface area contributed by atoms with Gasteiger partial charge in [-0.3, -0.25) is 0 Å². The number of rotatable bonds is 7. The molecule has 0 amide bonds. The molecule has 2 aromatic heterocycles. The van der Waals surface area contributed by atoms with Crippen molar-refractivity contribution in [3.05, 3.63) is 211 Å². The van der Waals surface area contributed by atoms with Gasteiger partial charge in [0.1, 0.15) is 0 Å². The van der Waals surface area contributed by atoms with Gasteiger partial charge in [-0.2, -0.15) is 26.3 Å². The molecule has 9 heteroatoms. The zero-order valence-corrected chi connectivity index (χ0v) is 34.1. The minimum atomic E-state index is -4.59. The van der Waals surface area contributed by atoms with E-state index in [-0.39, 0.29) is 0 Å². The Morgan fingerprint density at radius 1 is 0.375 bits per heavy atom. The Morgan fingerprint density at radius 3 is 1.38 bits per heavy atom. The molecule has 0 N–H and O–H groups in total. The number of aryl methyl sites for hydroxylation is 1. The van der Waals surface area contributed by atoms with Crippen LogP contribution in [-0.2, 0) is 12.4 Å². The molecule has 0 fully saturated rings. The predicted octanol–water partition coefficient (Wildman–Crippen LogP) is 15.9. The van der Waals surface area contributed by atoms with E-state index in [4.69, 9.17) is 9.97 Å². The number of para-hydroxylation sites is 1. The second kappa shape index (κ2) is 15.8. The van der Waals surface area contributed by atoms with Crippen molar-refractivity contribution in [2.24, 2.45) is 0 Å². The maximum absolute atomic E-state index is 14.1. The molecule has 0 saturated heterocycles. The summed E-state index contributed by atoms with van der Waals surface area (Å²) in [5.74, 6) is 0.318. The van der Waals surface area contributed by atoms with Gasteiger partial charge in [-0.25, -0.2) is 9.97 Å². The molecule has 0 spiro atoms. The van der Waals surface area contributed by atoms with E-state index in [0.29, 0.717) is 50.7 Å².